The zero-order valence-corrected chi connectivity index (χ0v) is 7.62. The molecule has 0 aromatic carbocycles. The van der Waals surface area contributed by atoms with Crippen LogP contribution in [0.4, 0.5) is 0 Å². The molecule has 1 fully saturated rings. The normalized spacial score (nSPS) is 43.1. The standard InChI is InChI=1S/C8H13ClO/c1-5-7(2,3)8(5,4)6(9)10/h5H,1-4H3. The molecule has 1 saturated carbocycles. The Labute approximate surface area is 66.8 Å². The van der Waals surface area contributed by atoms with Crippen molar-refractivity contribution in [2.45, 2.75) is 27.7 Å². The van der Waals surface area contributed by atoms with Crippen LogP contribution in [-0.4, -0.2) is 5.24 Å². The Kier molecular flexibility index (Phi) is 1.42. The van der Waals surface area contributed by atoms with Crippen LogP contribution < -0.4 is 0 Å². The van der Waals surface area contributed by atoms with Crippen molar-refractivity contribution in [2.24, 2.45) is 16.7 Å². The largest absolute Gasteiger partial charge is 0.281 e. The van der Waals surface area contributed by atoms with E-state index in [-0.39, 0.29) is 16.1 Å². The molecule has 0 aromatic heterocycles. The van der Waals surface area contributed by atoms with E-state index in [9.17, 15) is 4.79 Å². The minimum absolute atomic E-state index is 0.103. The zero-order valence-electron chi connectivity index (χ0n) is 6.86. The fourth-order valence-electron chi connectivity index (χ4n) is 1.70. The molecule has 0 aliphatic heterocycles. The van der Waals surface area contributed by atoms with Gasteiger partial charge in [0.2, 0.25) is 5.24 Å². The lowest BCUT2D eigenvalue weighted by Crippen LogP contribution is -2.11. The van der Waals surface area contributed by atoms with Crippen LogP contribution in [-0.2, 0) is 4.79 Å². The van der Waals surface area contributed by atoms with Gasteiger partial charge < -0.3 is 0 Å². The average molecular weight is 161 g/mol. The van der Waals surface area contributed by atoms with Gasteiger partial charge in [-0.25, -0.2) is 0 Å². The van der Waals surface area contributed by atoms with Crippen molar-refractivity contribution < 1.29 is 4.79 Å². The van der Waals surface area contributed by atoms with Gasteiger partial charge in [-0.1, -0.05) is 27.7 Å². The molecule has 2 unspecified atom stereocenters. The molecule has 2 heteroatoms. The molecule has 1 aliphatic rings. The van der Waals surface area contributed by atoms with Gasteiger partial charge in [0, 0.05) is 0 Å². The zero-order chi connectivity index (χ0) is 8.15. The van der Waals surface area contributed by atoms with Crippen molar-refractivity contribution in [3.05, 3.63) is 0 Å². The molecule has 0 spiro atoms. The molecular weight excluding hydrogens is 148 g/mol. The summed E-state index contributed by atoms with van der Waals surface area (Å²) in [4.78, 5) is 10.9. The van der Waals surface area contributed by atoms with Crippen molar-refractivity contribution in [3.63, 3.8) is 0 Å². The number of halogens is 1. The van der Waals surface area contributed by atoms with E-state index in [0.29, 0.717) is 5.92 Å². The Bertz CT molecular complexity index is 186. The van der Waals surface area contributed by atoms with Crippen LogP contribution in [0.3, 0.4) is 0 Å². The number of carbonyl (C=O) groups is 1. The summed E-state index contributed by atoms with van der Waals surface area (Å²) in [6, 6.07) is 0. The predicted molar refractivity (Wildman–Crippen MR) is 41.9 cm³/mol. The molecule has 0 aromatic rings. The van der Waals surface area contributed by atoms with Crippen LogP contribution in [0.25, 0.3) is 0 Å². The summed E-state index contributed by atoms with van der Waals surface area (Å²) in [6.45, 7) is 8.17. The molecule has 2 atom stereocenters. The number of hydrogen-bond acceptors (Lipinski definition) is 1. The van der Waals surface area contributed by atoms with Crippen LogP contribution in [0.15, 0.2) is 0 Å². The highest BCUT2D eigenvalue weighted by Crippen LogP contribution is 2.69. The van der Waals surface area contributed by atoms with E-state index >= 15 is 0 Å². The minimum atomic E-state index is -0.269. The van der Waals surface area contributed by atoms with Gasteiger partial charge in [-0.2, -0.15) is 0 Å². The van der Waals surface area contributed by atoms with Gasteiger partial charge in [0.15, 0.2) is 0 Å². The molecule has 0 bridgehead atoms. The summed E-state index contributed by atoms with van der Waals surface area (Å²) in [5.74, 6) is 0.421. The van der Waals surface area contributed by atoms with Gasteiger partial charge in [0.25, 0.3) is 0 Å². The third-order valence-electron chi connectivity index (χ3n) is 3.61. The Balaban J connectivity index is 2.88. The molecule has 0 heterocycles. The van der Waals surface area contributed by atoms with Crippen molar-refractivity contribution >= 4 is 16.8 Å². The van der Waals surface area contributed by atoms with E-state index in [1.165, 1.54) is 0 Å². The van der Waals surface area contributed by atoms with E-state index < -0.39 is 0 Å². The van der Waals surface area contributed by atoms with Gasteiger partial charge in [-0.3, -0.25) is 4.79 Å². The Morgan fingerprint density at radius 3 is 1.70 bits per heavy atom. The Morgan fingerprint density at radius 2 is 1.70 bits per heavy atom. The predicted octanol–water partition coefficient (Wildman–Crippen LogP) is 2.43. The van der Waals surface area contributed by atoms with E-state index in [4.69, 9.17) is 11.6 Å². The Hall–Kier alpha value is -0.0400. The first-order chi connectivity index (χ1) is 4.35. The quantitative estimate of drug-likeness (QED) is 0.539. The van der Waals surface area contributed by atoms with Crippen LogP contribution >= 0.6 is 11.6 Å². The average Bonchev–Trinajstić information content (AvgIpc) is 2.16. The molecule has 0 N–H and O–H groups in total. The fourth-order valence-corrected chi connectivity index (χ4v) is 2.10. The molecule has 0 amide bonds. The molecule has 0 saturated heterocycles. The van der Waals surface area contributed by atoms with Crippen LogP contribution in [0, 0.1) is 16.7 Å². The van der Waals surface area contributed by atoms with Crippen LogP contribution in [0.5, 0.6) is 0 Å². The molecular formula is C8H13ClO. The summed E-state index contributed by atoms with van der Waals surface area (Å²) in [5, 5.41) is -0.190. The highest BCUT2D eigenvalue weighted by Gasteiger charge is 2.69. The monoisotopic (exact) mass is 160 g/mol. The van der Waals surface area contributed by atoms with Gasteiger partial charge in [0.1, 0.15) is 0 Å². The van der Waals surface area contributed by atoms with E-state index in [1.54, 1.807) is 0 Å². The first kappa shape index (κ1) is 8.06. The smallest absolute Gasteiger partial charge is 0.228 e. The van der Waals surface area contributed by atoms with Crippen LogP contribution in [0.2, 0.25) is 0 Å². The topological polar surface area (TPSA) is 17.1 Å². The number of carbonyl (C=O) groups excluding carboxylic acids is 1. The van der Waals surface area contributed by atoms with Crippen molar-refractivity contribution in [3.8, 4) is 0 Å². The molecule has 10 heavy (non-hydrogen) atoms. The maximum Gasteiger partial charge on any atom is 0.228 e. The fraction of sp³-hybridized carbons (Fsp3) is 0.875. The molecule has 1 nitrogen and oxygen atoms in total. The lowest BCUT2D eigenvalue weighted by molar-refractivity contribution is -0.117. The highest BCUT2D eigenvalue weighted by molar-refractivity contribution is 6.65. The SMILES string of the molecule is CC1C(C)(C)C1(C)C(=O)Cl. The lowest BCUT2D eigenvalue weighted by Gasteiger charge is -2.06. The highest BCUT2D eigenvalue weighted by atomic mass is 35.5. The first-order valence-corrected chi connectivity index (χ1v) is 3.93. The maximum absolute atomic E-state index is 10.9. The second-order valence-corrected chi connectivity index (χ2v) is 4.26. The second-order valence-electron chi connectivity index (χ2n) is 3.92. The molecule has 0 radical (unpaired) electrons. The van der Waals surface area contributed by atoms with Gasteiger partial charge >= 0.3 is 0 Å². The summed E-state index contributed by atoms with van der Waals surface area (Å²) >= 11 is 5.46. The lowest BCUT2D eigenvalue weighted by atomic mass is 10.0. The van der Waals surface area contributed by atoms with E-state index in [1.807, 2.05) is 6.92 Å². The minimum Gasteiger partial charge on any atom is -0.281 e. The molecule has 58 valence electrons. The van der Waals surface area contributed by atoms with E-state index in [2.05, 4.69) is 20.8 Å². The summed E-state index contributed by atoms with van der Waals surface area (Å²) in [7, 11) is 0. The summed E-state index contributed by atoms with van der Waals surface area (Å²) in [5.41, 5.74) is -0.166. The Morgan fingerprint density at radius 1 is 1.40 bits per heavy atom. The van der Waals surface area contributed by atoms with Crippen molar-refractivity contribution in [2.75, 3.05) is 0 Å². The van der Waals surface area contributed by atoms with Crippen molar-refractivity contribution in [1.29, 1.82) is 0 Å². The third kappa shape index (κ3) is 0.619. The molecule has 1 aliphatic carbocycles. The van der Waals surface area contributed by atoms with Crippen molar-refractivity contribution in [1.82, 2.24) is 0 Å². The van der Waals surface area contributed by atoms with Gasteiger partial charge in [-0.05, 0) is 22.9 Å². The summed E-state index contributed by atoms with van der Waals surface area (Å²) in [6.07, 6.45) is 0. The van der Waals surface area contributed by atoms with E-state index in [0.717, 1.165) is 0 Å². The third-order valence-corrected chi connectivity index (χ3v) is 4.00. The number of rotatable bonds is 1. The number of hydrogen-bond donors (Lipinski definition) is 0. The van der Waals surface area contributed by atoms with Gasteiger partial charge in [-0.15, -0.1) is 0 Å². The second kappa shape index (κ2) is 1.76. The maximum atomic E-state index is 10.9. The van der Waals surface area contributed by atoms with Gasteiger partial charge in [0.05, 0.1) is 5.41 Å². The van der Waals surface area contributed by atoms with Crippen LogP contribution in [0.1, 0.15) is 27.7 Å². The first-order valence-electron chi connectivity index (χ1n) is 3.55. The molecule has 1 rings (SSSR count). The summed E-state index contributed by atoms with van der Waals surface area (Å²) < 4.78 is 0.